The molecule has 1 amide bonds. The summed E-state index contributed by atoms with van der Waals surface area (Å²) < 4.78 is 5.31. The van der Waals surface area contributed by atoms with Gasteiger partial charge in [0.2, 0.25) is 5.91 Å². The Morgan fingerprint density at radius 1 is 1.42 bits per heavy atom. The van der Waals surface area contributed by atoms with Gasteiger partial charge in [0.25, 0.3) is 0 Å². The van der Waals surface area contributed by atoms with Gasteiger partial charge in [-0.05, 0) is 37.5 Å². The highest BCUT2D eigenvalue weighted by molar-refractivity contribution is 5.81. The minimum atomic E-state index is -0.586. The lowest BCUT2D eigenvalue weighted by Gasteiger charge is -2.13. The standard InChI is InChI=1S/C15H20N2O2/c1-5-12(8-16)15(18)17-9-13-6-10(2)11(3)7-14(13)19-4/h6-7,12H,5,9H2,1-4H3,(H,17,18). The molecule has 19 heavy (non-hydrogen) atoms. The van der Waals surface area contributed by atoms with Crippen molar-refractivity contribution in [3.05, 3.63) is 28.8 Å². The van der Waals surface area contributed by atoms with Crippen LogP contribution in [-0.2, 0) is 11.3 Å². The molecule has 0 aliphatic rings. The summed E-state index contributed by atoms with van der Waals surface area (Å²) in [4.78, 5) is 11.8. The molecule has 1 unspecified atom stereocenters. The fraction of sp³-hybridized carbons (Fsp3) is 0.467. The molecule has 102 valence electrons. The van der Waals surface area contributed by atoms with Crippen LogP contribution in [0.15, 0.2) is 12.1 Å². The number of aryl methyl sites for hydroxylation is 2. The monoisotopic (exact) mass is 260 g/mol. The molecule has 4 nitrogen and oxygen atoms in total. The Bertz CT molecular complexity index is 504. The molecule has 1 aromatic carbocycles. The normalized spacial score (nSPS) is 11.5. The second kappa shape index (κ2) is 6.79. The van der Waals surface area contributed by atoms with Gasteiger partial charge in [0.1, 0.15) is 11.7 Å². The maximum absolute atomic E-state index is 11.8. The van der Waals surface area contributed by atoms with E-state index in [0.717, 1.165) is 22.4 Å². The van der Waals surface area contributed by atoms with E-state index in [1.807, 2.05) is 39.0 Å². The minimum absolute atomic E-state index is 0.231. The molecule has 0 aliphatic carbocycles. The van der Waals surface area contributed by atoms with Gasteiger partial charge in [-0.25, -0.2) is 0 Å². The van der Waals surface area contributed by atoms with Crippen LogP contribution >= 0.6 is 0 Å². The highest BCUT2D eigenvalue weighted by atomic mass is 16.5. The molecule has 1 N–H and O–H groups in total. The highest BCUT2D eigenvalue weighted by Crippen LogP contribution is 2.22. The number of ether oxygens (including phenoxy) is 1. The molecule has 0 saturated heterocycles. The summed E-state index contributed by atoms with van der Waals surface area (Å²) in [6.07, 6.45) is 0.520. The van der Waals surface area contributed by atoms with Crippen molar-refractivity contribution in [2.24, 2.45) is 5.92 Å². The SMILES string of the molecule is CCC(C#N)C(=O)NCc1cc(C)c(C)cc1OC. The number of carbonyl (C=O) groups excluding carboxylic acids is 1. The quantitative estimate of drug-likeness (QED) is 0.884. The number of carbonyl (C=O) groups is 1. The summed E-state index contributed by atoms with van der Waals surface area (Å²) in [7, 11) is 1.61. The third kappa shape index (κ3) is 3.72. The first-order valence-electron chi connectivity index (χ1n) is 6.34. The number of methoxy groups -OCH3 is 1. The fourth-order valence-electron chi connectivity index (χ4n) is 1.82. The average Bonchev–Trinajstić information content (AvgIpc) is 2.41. The molecule has 0 saturated carbocycles. The number of hydrogen-bond donors (Lipinski definition) is 1. The van der Waals surface area contributed by atoms with Crippen molar-refractivity contribution in [1.29, 1.82) is 5.26 Å². The van der Waals surface area contributed by atoms with E-state index >= 15 is 0 Å². The van der Waals surface area contributed by atoms with Crippen LogP contribution < -0.4 is 10.1 Å². The molecule has 1 aromatic rings. The molecule has 1 rings (SSSR count). The Balaban J connectivity index is 2.81. The van der Waals surface area contributed by atoms with Gasteiger partial charge < -0.3 is 10.1 Å². The van der Waals surface area contributed by atoms with Crippen LogP contribution in [0.4, 0.5) is 0 Å². The summed E-state index contributed by atoms with van der Waals surface area (Å²) >= 11 is 0. The van der Waals surface area contributed by atoms with Crippen LogP contribution in [0.3, 0.4) is 0 Å². The number of nitrogens with zero attached hydrogens (tertiary/aromatic N) is 1. The van der Waals surface area contributed by atoms with Crippen molar-refractivity contribution in [2.45, 2.75) is 33.7 Å². The van der Waals surface area contributed by atoms with Gasteiger partial charge in [-0.3, -0.25) is 4.79 Å². The van der Waals surface area contributed by atoms with Gasteiger partial charge in [0, 0.05) is 12.1 Å². The number of benzene rings is 1. The van der Waals surface area contributed by atoms with Crippen molar-refractivity contribution in [1.82, 2.24) is 5.32 Å². The summed E-state index contributed by atoms with van der Waals surface area (Å²) in [6.45, 7) is 6.23. The van der Waals surface area contributed by atoms with Crippen molar-refractivity contribution >= 4 is 5.91 Å². The van der Waals surface area contributed by atoms with Crippen LogP contribution in [0.1, 0.15) is 30.0 Å². The molecule has 0 bridgehead atoms. The first kappa shape index (κ1) is 15.0. The van der Waals surface area contributed by atoms with E-state index in [0.29, 0.717) is 13.0 Å². The number of hydrogen-bond acceptors (Lipinski definition) is 3. The van der Waals surface area contributed by atoms with Gasteiger partial charge in [0.05, 0.1) is 13.2 Å². The molecular weight excluding hydrogens is 240 g/mol. The fourth-order valence-corrected chi connectivity index (χ4v) is 1.82. The minimum Gasteiger partial charge on any atom is -0.496 e. The molecule has 0 spiro atoms. The largest absolute Gasteiger partial charge is 0.496 e. The zero-order valence-corrected chi connectivity index (χ0v) is 11.9. The van der Waals surface area contributed by atoms with E-state index in [2.05, 4.69) is 5.32 Å². The molecule has 0 radical (unpaired) electrons. The van der Waals surface area contributed by atoms with Gasteiger partial charge in [-0.1, -0.05) is 13.0 Å². The number of amides is 1. The van der Waals surface area contributed by atoms with Gasteiger partial charge in [0.15, 0.2) is 0 Å². The predicted octanol–water partition coefficient (Wildman–Crippen LogP) is 2.48. The van der Waals surface area contributed by atoms with Crippen molar-refractivity contribution < 1.29 is 9.53 Å². The van der Waals surface area contributed by atoms with E-state index in [-0.39, 0.29) is 5.91 Å². The van der Waals surface area contributed by atoms with Crippen LogP contribution in [0.25, 0.3) is 0 Å². The van der Waals surface area contributed by atoms with E-state index in [1.54, 1.807) is 7.11 Å². The van der Waals surface area contributed by atoms with Crippen LogP contribution in [0, 0.1) is 31.1 Å². The van der Waals surface area contributed by atoms with Crippen molar-refractivity contribution in [2.75, 3.05) is 7.11 Å². The van der Waals surface area contributed by atoms with Gasteiger partial charge in [-0.15, -0.1) is 0 Å². The second-order valence-corrected chi connectivity index (χ2v) is 4.56. The van der Waals surface area contributed by atoms with Crippen LogP contribution in [0.5, 0.6) is 5.75 Å². The smallest absolute Gasteiger partial charge is 0.237 e. The number of nitriles is 1. The van der Waals surface area contributed by atoms with E-state index < -0.39 is 5.92 Å². The highest BCUT2D eigenvalue weighted by Gasteiger charge is 2.15. The van der Waals surface area contributed by atoms with Gasteiger partial charge >= 0.3 is 0 Å². The Morgan fingerprint density at radius 3 is 2.58 bits per heavy atom. The molecule has 0 fully saturated rings. The Kier molecular flexibility index (Phi) is 5.37. The second-order valence-electron chi connectivity index (χ2n) is 4.56. The molecule has 4 heteroatoms. The van der Waals surface area contributed by atoms with Crippen LogP contribution in [-0.4, -0.2) is 13.0 Å². The van der Waals surface area contributed by atoms with E-state index in [1.165, 1.54) is 0 Å². The first-order chi connectivity index (χ1) is 9.03. The van der Waals surface area contributed by atoms with Crippen LogP contribution in [0.2, 0.25) is 0 Å². The summed E-state index contributed by atoms with van der Waals surface area (Å²) in [5.74, 6) is -0.0590. The maximum atomic E-state index is 11.8. The Labute approximate surface area is 114 Å². The molecular formula is C15H20N2O2. The topological polar surface area (TPSA) is 62.1 Å². The first-order valence-corrected chi connectivity index (χ1v) is 6.34. The Morgan fingerprint density at radius 2 is 2.05 bits per heavy atom. The van der Waals surface area contributed by atoms with Gasteiger partial charge in [-0.2, -0.15) is 5.26 Å². The molecule has 0 aromatic heterocycles. The summed E-state index contributed by atoms with van der Waals surface area (Å²) in [5, 5.41) is 11.6. The summed E-state index contributed by atoms with van der Waals surface area (Å²) in [5.41, 5.74) is 3.22. The predicted molar refractivity (Wildman–Crippen MR) is 73.7 cm³/mol. The third-order valence-corrected chi connectivity index (χ3v) is 3.23. The number of nitrogens with one attached hydrogen (secondary N) is 1. The van der Waals surface area contributed by atoms with Crippen molar-refractivity contribution in [3.63, 3.8) is 0 Å². The van der Waals surface area contributed by atoms with E-state index in [9.17, 15) is 4.79 Å². The van der Waals surface area contributed by atoms with Crippen molar-refractivity contribution in [3.8, 4) is 11.8 Å². The molecule has 0 heterocycles. The number of rotatable bonds is 5. The average molecular weight is 260 g/mol. The lowest BCUT2D eigenvalue weighted by atomic mass is 10.0. The Hall–Kier alpha value is -2.02. The zero-order chi connectivity index (χ0) is 14.4. The zero-order valence-electron chi connectivity index (χ0n) is 11.9. The maximum Gasteiger partial charge on any atom is 0.237 e. The molecule has 1 atom stereocenters. The van der Waals surface area contributed by atoms with E-state index in [4.69, 9.17) is 10.00 Å². The lowest BCUT2D eigenvalue weighted by Crippen LogP contribution is -2.29. The molecule has 0 aliphatic heterocycles. The lowest BCUT2D eigenvalue weighted by molar-refractivity contribution is -0.123. The summed E-state index contributed by atoms with van der Waals surface area (Å²) in [6, 6.07) is 5.95. The third-order valence-electron chi connectivity index (χ3n) is 3.23.